The monoisotopic (exact) mass is 512 g/mol. The fourth-order valence-corrected chi connectivity index (χ4v) is 4.37. The van der Waals surface area contributed by atoms with E-state index >= 15 is 0 Å². The Bertz CT molecular complexity index is 1260. The van der Waals surface area contributed by atoms with E-state index in [9.17, 15) is 4.79 Å². The standard InChI is InChI=1S/C26H26Cl2N4O3/c1-2-23-24(26(34)30-31-12-15-35-16-13-31)29-25(21-11-8-19(27)17-22(21)28)32(23)20-9-6-18(7-10-20)5-3-4-14-33/h6-11,17,33H,2,4,12-16H2,1H3,(H,30,34). The molecule has 0 aliphatic carbocycles. The normalized spacial score (nSPS) is 13.8. The second-order valence-electron chi connectivity index (χ2n) is 7.91. The smallest absolute Gasteiger partial charge is 0.286 e. The Hall–Kier alpha value is -2.86. The Kier molecular flexibility index (Phi) is 8.45. The molecule has 1 aliphatic heterocycles. The maximum absolute atomic E-state index is 13.3. The zero-order valence-electron chi connectivity index (χ0n) is 19.4. The summed E-state index contributed by atoms with van der Waals surface area (Å²) in [6.45, 7) is 4.37. The minimum absolute atomic E-state index is 0.0283. The second kappa shape index (κ2) is 11.7. The number of hydrogen-bond acceptors (Lipinski definition) is 5. The minimum atomic E-state index is -0.277. The van der Waals surface area contributed by atoms with Gasteiger partial charge in [0.05, 0.1) is 30.5 Å². The molecule has 4 rings (SSSR count). The summed E-state index contributed by atoms with van der Waals surface area (Å²) in [5.41, 5.74) is 6.39. The van der Waals surface area contributed by atoms with Gasteiger partial charge in [-0.3, -0.25) is 14.8 Å². The van der Waals surface area contributed by atoms with E-state index in [0.29, 0.717) is 66.3 Å². The fourth-order valence-electron chi connectivity index (χ4n) is 3.88. The highest BCUT2D eigenvalue weighted by Gasteiger charge is 2.26. The van der Waals surface area contributed by atoms with Gasteiger partial charge in [0, 0.05) is 41.3 Å². The molecular weight excluding hydrogens is 487 g/mol. The van der Waals surface area contributed by atoms with Gasteiger partial charge in [0.15, 0.2) is 5.69 Å². The maximum Gasteiger partial charge on any atom is 0.286 e. The molecule has 0 unspecified atom stereocenters. The van der Waals surface area contributed by atoms with Crippen molar-refractivity contribution >= 4 is 29.1 Å². The van der Waals surface area contributed by atoms with E-state index in [2.05, 4.69) is 17.3 Å². The zero-order valence-corrected chi connectivity index (χ0v) is 20.9. The molecule has 2 aromatic carbocycles. The van der Waals surface area contributed by atoms with Crippen LogP contribution in [0.25, 0.3) is 17.1 Å². The van der Waals surface area contributed by atoms with Crippen molar-refractivity contribution in [3.8, 4) is 28.9 Å². The number of ether oxygens (including phenoxy) is 1. The van der Waals surface area contributed by atoms with Crippen LogP contribution < -0.4 is 5.43 Å². The van der Waals surface area contributed by atoms with E-state index in [1.54, 1.807) is 18.2 Å². The first-order valence-corrected chi connectivity index (χ1v) is 12.2. The van der Waals surface area contributed by atoms with Crippen molar-refractivity contribution in [3.63, 3.8) is 0 Å². The van der Waals surface area contributed by atoms with Crippen LogP contribution in [0.5, 0.6) is 0 Å². The van der Waals surface area contributed by atoms with Crippen molar-refractivity contribution in [3.05, 3.63) is 69.5 Å². The Labute approximate surface area is 214 Å². The number of carbonyl (C=O) groups is 1. The first kappa shape index (κ1) is 25.2. The number of morpholine rings is 1. The average Bonchev–Trinajstić information content (AvgIpc) is 3.25. The molecule has 1 amide bonds. The van der Waals surface area contributed by atoms with Gasteiger partial charge >= 0.3 is 0 Å². The molecule has 0 spiro atoms. The minimum Gasteiger partial charge on any atom is -0.395 e. The van der Waals surface area contributed by atoms with Gasteiger partial charge in [0.25, 0.3) is 5.91 Å². The first-order valence-electron chi connectivity index (χ1n) is 11.4. The molecular formula is C26H26Cl2N4O3. The summed E-state index contributed by atoms with van der Waals surface area (Å²) >= 11 is 12.7. The first-order chi connectivity index (χ1) is 17.0. The molecule has 0 saturated carbocycles. The summed E-state index contributed by atoms with van der Waals surface area (Å²) in [6.07, 6.45) is 0.992. The summed E-state index contributed by atoms with van der Waals surface area (Å²) in [5, 5.41) is 11.8. The maximum atomic E-state index is 13.3. The highest BCUT2D eigenvalue weighted by Crippen LogP contribution is 2.33. The number of carbonyl (C=O) groups excluding carboxylic acids is 1. The molecule has 1 saturated heterocycles. The van der Waals surface area contributed by atoms with Crippen LogP contribution in [0.1, 0.15) is 35.1 Å². The van der Waals surface area contributed by atoms with Gasteiger partial charge in [0.2, 0.25) is 0 Å². The van der Waals surface area contributed by atoms with E-state index < -0.39 is 0 Å². The Morgan fingerprint density at radius 2 is 1.91 bits per heavy atom. The predicted octanol–water partition coefficient (Wildman–Crippen LogP) is 4.12. The molecule has 35 heavy (non-hydrogen) atoms. The Morgan fingerprint density at radius 1 is 1.17 bits per heavy atom. The lowest BCUT2D eigenvalue weighted by Crippen LogP contribution is -2.48. The van der Waals surface area contributed by atoms with Crippen LogP contribution in [-0.4, -0.2) is 58.5 Å². The number of imidazole rings is 1. The van der Waals surface area contributed by atoms with Crippen LogP contribution in [0.15, 0.2) is 42.5 Å². The molecule has 2 heterocycles. The van der Waals surface area contributed by atoms with E-state index in [0.717, 1.165) is 16.9 Å². The summed E-state index contributed by atoms with van der Waals surface area (Å²) in [4.78, 5) is 18.1. The second-order valence-corrected chi connectivity index (χ2v) is 8.75. The number of amides is 1. The van der Waals surface area contributed by atoms with Crippen LogP contribution >= 0.6 is 23.2 Å². The summed E-state index contributed by atoms with van der Waals surface area (Å²) < 4.78 is 7.33. The van der Waals surface area contributed by atoms with Crippen molar-refractivity contribution in [2.75, 3.05) is 32.9 Å². The Balaban J connectivity index is 1.80. The number of nitrogens with one attached hydrogen (secondary N) is 1. The number of rotatable bonds is 6. The molecule has 0 radical (unpaired) electrons. The average molecular weight is 513 g/mol. The van der Waals surface area contributed by atoms with E-state index in [1.807, 2.05) is 40.8 Å². The third-order valence-electron chi connectivity index (χ3n) is 5.56. The van der Waals surface area contributed by atoms with E-state index in [4.69, 9.17) is 38.0 Å². The van der Waals surface area contributed by atoms with E-state index in [1.165, 1.54) is 0 Å². The molecule has 0 atom stereocenters. The van der Waals surface area contributed by atoms with Crippen LogP contribution in [0.2, 0.25) is 10.0 Å². The van der Waals surface area contributed by atoms with Gasteiger partial charge < -0.3 is 9.84 Å². The van der Waals surface area contributed by atoms with Crippen LogP contribution in [0.4, 0.5) is 0 Å². The third-order valence-corrected chi connectivity index (χ3v) is 6.11. The van der Waals surface area contributed by atoms with Gasteiger partial charge in [-0.25, -0.2) is 9.99 Å². The van der Waals surface area contributed by atoms with Crippen molar-refractivity contribution in [2.24, 2.45) is 0 Å². The van der Waals surface area contributed by atoms with Gasteiger partial charge in [0.1, 0.15) is 5.82 Å². The molecule has 7 nitrogen and oxygen atoms in total. The van der Waals surface area contributed by atoms with E-state index in [-0.39, 0.29) is 12.5 Å². The van der Waals surface area contributed by atoms with Gasteiger partial charge in [-0.05, 0) is 48.9 Å². The molecule has 3 aromatic rings. The van der Waals surface area contributed by atoms with Crippen LogP contribution in [-0.2, 0) is 11.2 Å². The summed E-state index contributed by atoms with van der Waals surface area (Å²) in [7, 11) is 0. The number of hydrazine groups is 1. The van der Waals surface area contributed by atoms with Crippen LogP contribution in [0, 0.1) is 11.8 Å². The van der Waals surface area contributed by atoms with Crippen molar-refractivity contribution in [1.29, 1.82) is 0 Å². The lowest BCUT2D eigenvalue weighted by atomic mass is 10.1. The van der Waals surface area contributed by atoms with Gasteiger partial charge in [-0.2, -0.15) is 0 Å². The highest BCUT2D eigenvalue weighted by atomic mass is 35.5. The molecule has 2 N–H and O–H groups in total. The number of hydrogen-bond donors (Lipinski definition) is 2. The number of aliphatic hydroxyl groups excluding tert-OH is 1. The van der Waals surface area contributed by atoms with Gasteiger partial charge in [-0.1, -0.05) is 42.0 Å². The highest BCUT2D eigenvalue weighted by molar-refractivity contribution is 6.36. The topological polar surface area (TPSA) is 79.6 Å². The van der Waals surface area contributed by atoms with Crippen molar-refractivity contribution < 1.29 is 14.6 Å². The number of benzene rings is 2. The number of aromatic nitrogens is 2. The fraction of sp³-hybridized carbons (Fsp3) is 0.308. The lowest BCUT2D eigenvalue weighted by molar-refractivity contribution is 0.0124. The van der Waals surface area contributed by atoms with Gasteiger partial charge in [-0.15, -0.1) is 0 Å². The number of halogens is 2. The zero-order chi connectivity index (χ0) is 24.8. The van der Waals surface area contributed by atoms with Crippen LogP contribution in [0.3, 0.4) is 0 Å². The molecule has 0 bridgehead atoms. The third kappa shape index (κ3) is 5.87. The predicted molar refractivity (Wildman–Crippen MR) is 137 cm³/mol. The lowest BCUT2D eigenvalue weighted by Gasteiger charge is -2.26. The molecule has 1 aromatic heterocycles. The molecule has 182 valence electrons. The summed E-state index contributed by atoms with van der Waals surface area (Å²) in [6, 6.07) is 12.9. The molecule has 1 aliphatic rings. The van der Waals surface area contributed by atoms with Crippen molar-refractivity contribution in [2.45, 2.75) is 19.8 Å². The quantitative estimate of drug-likeness (QED) is 0.485. The summed E-state index contributed by atoms with van der Waals surface area (Å²) in [5.74, 6) is 6.23. The SMILES string of the molecule is CCc1c(C(=O)NN2CCOCC2)nc(-c2ccc(Cl)cc2Cl)n1-c1ccc(C#CCCO)cc1. The number of aliphatic hydroxyl groups is 1. The Morgan fingerprint density at radius 3 is 2.57 bits per heavy atom. The number of nitrogens with zero attached hydrogens (tertiary/aromatic N) is 3. The molecule has 9 heteroatoms. The van der Waals surface area contributed by atoms with Crippen molar-refractivity contribution in [1.82, 2.24) is 20.0 Å². The molecule has 1 fully saturated rings. The largest absolute Gasteiger partial charge is 0.395 e.